The Bertz CT molecular complexity index is 793. The maximum atomic E-state index is 12.5. The molecule has 3 rings (SSSR count). The standard InChI is InChI=1S/C20H24N4O4/c1-14(28-16-7-5-15(13-21)6-8-16)17(25)22-11-4-12-24-18(26)20(23-19(24)27)9-2-3-10-20/h5-8,14H,2-4,9-12H2,1H3,(H,22,25)(H,23,27). The van der Waals surface area contributed by atoms with Gasteiger partial charge in [-0.25, -0.2) is 4.79 Å². The van der Waals surface area contributed by atoms with Crippen LogP contribution in [0.1, 0.15) is 44.6 Å². The zero-order valence-electron chi connectivity index (χ0n) is 15.9. The van der Waals surface area contributed by atoms with E-state index < -0.39 is 11.6 Å². The minimum Gasteiger partial charge on any atom is -0.481 e. The number of amides is 4. The first-order valence-corrected chi connectivity index (χ1v) is 9.54. The highest BCUT2D eigenvalue weighted by Gasteiger charge is 2.51. The van der Waals surface area contributed by atoms with Gasteiger partial charge in [0.1, 0.15) is 11.3 Å². The molecule has 8 nitrogen and oxygen atoms in total. The summed E-state index contributed by atoms with van der Waals surface area (Å²) >= 11 is 0. The van der Waals surface area contributed by atoms with Crippen LogP contribution in [0.2, 0.25) is 0 Å². The lowest BCUT2D eigenvalue weighted by molar-refractivity contribution is -0.131. The number of carbonyl (C=O) groups excluding carboxylic acids is 3. The van der Waals surface area contributed by atoms with Crippen LogP contribution in [-0.2, 0) is 9.59 Å². The lowest BCUT2D eigenvalue weighted by Crippen LogP contribution is -2.44. The fourth-order valence-electron chi connectivity index (χ4n) is 3.65. The van der Waals surface area contributed by atoms with E-state index >= 15 is 0 Å². The summed E-state index contributed by atoms with van der Waals surface area (Å²) in [5, 5.41) is 14.4. The predicted octanol–water partition coefficient (Wildman–Crippen LogP) is 1.70. The normalized spacial score (nSPS) is 18.6. The summed E-state index contributed by atoms with van der Waals surface area (Å²) < 4.78 is 5.55. The Morgan fingerprint density at radius 2 is 2.00 bits per heavy atom. The van der Waals surface area contributed by atoms with Crippen LogP contribution < -0.4 is 15.4 Å². The second-order valence-corrected chi connectivity index (χ2v) is 7.22. The van der Waals surface area contributed by atoms with Crippen molar-refractivity contribution < 1.29 is 19.1 Å². The average Bonchev–Trinajstić information content (AvgIpc) is 3.25. The van der Waals surface area contributed by atoms with Crippen LogP contribution >= 0.6 is 0 Å². The van der Waals surface area contributed by atoms with Gasteiger partial charge in [-0.05, 0) is 50.5 Å². The van der Waals surface area contributed by atoms with E-state index in [4.69, 9.17) is 10.00 Å². The molecule has 8 heteroatoms. The van der Waals surface area contributed by atoms with Crippen molar-refractivity contribution in [2.45, 2.75) is 50.7 Å². The number of ether oxygens (including phenoxy) is 1. The summed E-state index contributed by atoms with van der Waals surface area (Å²) in [6, 6.07) is 8.20. The highest BCUT2D eigenvalue weighted by Crippen LogP contribution is 2.34. The summed E-state index contributed by atoms with van der Waals surface area (Å²) in [6.45, 7) is 2.25. The van der Waals surface area contributed by atoms with Gasteiger partial charge in [0.05, 0.1) is 11.6 Å². The van der Waals surface area contributed by atoms with Crippen molar-refractivity contribution in [1.29, 1.82) is 5.26 Å². The number of carbonyl (C=O) groups is 3. The largest absolute Gasteiger partial charge is 0.481 e. The molecule has 0 radical (unpaired) electrons. The molecule has 1 aromatic carbocycles. The van der Waals surface area contributed by atoms with E-state index in [2.05, 4.69) is 10.6 Å². The molecule has 1 atom stereocenters. The Balaban J connectivity index is 1.41. The van der Waals surface area contributed by atoms with Crippen molar-refractivity contribution in [3.63, 3.8) is 0 Å². The predicted molar refractivity (Wildman–Crippen MR) is 100 cm³/mol. The van der Waals surface area contributed by atoms with Gasteiger partial charge >= 0.3 is 6.03 Å². The maximum Gasteiger partial charge on any atom is 0.325 e. The fraction of sp³-hybridized carbons (Fsp3) is 0.500. The number of nitrogens with one attached hydrogen (secondary N) is 2. The van der Waals surface area contributed by atoms with Crippen molar-refractivity contribution in [2.24, 2.45) is 0 Å². The minimum atomic E-state index is -0.702. The highest BCUT2D eigenvalue weighted by atomic mass is 16.5. The van der Waals surface area contributed by atoms with Gasteiger partial charge in [0.25, 0.3) is 11.8 Å². The van der Waals surface area contributed by atoms with E-state index in [0.29, 0.717) is 37.1 Å². The Labute approximate surface area is 163 Å². The molecule has 28 heavy (non-hydrogen) atoms. The first-order chi connectivity index (χ1) is 13.4. The minimum absolute atomic E-state index is 0.140. The van der Waals surface area contributed by atoms with E-state index in [0.717, 1.165) is 12.8 Å². The number of nitrogens with zero attached hydrogens (tertiary/aromatic N) is 2. The SMILES string of the molecule is CC(Oc1ccc(C#N)cc1)C(=O)NCCCN1C(=O)NC2(CCCC2)C1=O. The van der Waals surface area contributed by atoms with Crippen LogP contribution in [0, 0.1) is 11.3 Å². The van der Waals surface area contributed by atoms with Crippen molar-refractivity contribution in [2.75, 3.05) is 13.1 Å². The molecule has 2 fully saturated rings. The zero-order valence-corrected chi connectivity index (χ0v) is 15.9. The highest BCUT2D eigenvalue weighted by molar-refractivity contribution is 6.07. The van der Waals surface area contributed by atoms with Crippen molar-refractivity contribution in [3.8, 4) is 11.8 Å². The molecule has 148 valence electrons. The Hall–Kier alpha value is -3.08. The van der Waals surface area contributed by atoms with E-state index in [9.17, 15) is 14.4 Å². The van der Waals surface area contributed by atoms with Crippen molar-refractivity contribution in [3.05, 3.63) is 29.8 Å². The number of nitriles is 1. The van der Waals surface area contributed by atoms with E-state index in [-0.39, 0.29) is 24.4 Å². The van der Waals surface area contributed by atoms with Crippen LogP contribution in [0.25, 0.3) is 0 Å². The van der Waals surface area contributed by atoms with Crippen LogP contribution in [0.5, 0.6) is 5.75 Å². The van der Waals surface area contributed by atoms with Gasteiger partial charge in [-0.2, -0.15) is 5.26 Å². The van der Waals surface area contributed by atoms with Crippen LogP contribution in [0.4, 0.5) is 4.79 Å². The quantitative estimate of drug-likeness (QED) is 0.549. The average molecular weight is 384 g/mol. The lowest BCUT2D eigenvalue weighted by Gasteiger charge is -2.20. The van der Waals surface area contributed by atoms with Gasteiger partial charge in [-0.1, -0.05) is 12.8 Å². The van der Waals surface area contributed by atoms with E-state index in [1.165, 1.54) is 4.90 Å². The number of hydrogen-bond acceptors (Lipinski definition) is 5. The van der Waals surface area contributed by atoms with Gasteiger partial charge in [-0.15, -0.1) is 0 Å². The second-order valence-electron chi connectivity index (χ2n) is 7.22. The van der Waals surface area contributed by atoms with Crippen molar-refractivity contribution >= 4 is 17.8 Å². The Kier molecular flexibility index (Phi) is 5.83. The lowest BCUT2D eigenvalue weighted by atomic mass is 9.98. The second kappa shape index (κ2) is 8.30. The number of benzene rings is 1. The van der Waals surface area contributed by atoms with Crippen molar-refractivity contribution in [1.82, 2.24) is 15.5 Å². The summed E-state index contributed by atoms with van der Waals surface area (Å²) in [5.74, 6) is 0.0792. The molecule has 1 aromatic rings. The molecule has 1 spiro atoms. The summed E-state index contributed by atoms with van der Waals surface area (Å²) in [7, 11) is 0. The molecule has 1 aliphatic heterocycles. The molecular formula is C20H24N4O4. The van der Waals surface area contributed by atoms with Gasteiger partial charge in [0, 0.05) is 13.1 Å². The van der Waals surface area contributed by atoms with Gasteiger partial charge in [-0.3, -0.25) is 14.5 Å². The fourth-order valence-corrected chi connectivity index (χ4v) is 3.65. The third-order valence-corrected chi connectivity index (χ3v) is 5.23. The van der Waals surface area contributed by atoms with Gasteiger partial charge in [0.15, 0.2) is 6.10 Å². The molecule has 0 aromatic heterocycles. The van der Waals surface area contributed by atoms with Gasteiger partial charge < -0.3 is 15.4 Å². The Morgan fingerprint density at radius 3 is 2.64 bits per heavy atom. The maximum absolute atomic E-state index is 12.5. The molecule has 1 saturated heterocycles. The van der Waals surface area contributed by atoms with Gasteiger partial charge in [0.2, 0.25) is 0 Å². The first kappa shape index (κ1) is 19.7. The van der Waals surface area contributed by atoms with Crippen LogP contribution in [-0.4, -0.2) is 47.5 Å². The topological polar surface area (TPSA) is 112 Å². The zero-order chi connectivity index (χ0) is 20.1. The molecule has 4 amide bonds. The molecule has 2 N–H and O–H groups in total. The van der Waals surface area contributed by atoms with Crippen LogP contribution in [0.15, 0.2) is 24.3 Å². The molecule has 1 heterocycles. The van der Waals surface area contributed by atoms with Crippen LogP contribution in [0.3, 0.4) is 0 Å². The smallest absolute Gasteiger partial charge is 0.325 e. The number of imide groups is 1. The molecular weight excluding hydrogens is 360 g/mol. The van der Waals surface area contributed by atoms with E-state index in [1.54, 1.807) is 31.2 Å². The number of rotatable bonds is 7. The summed E-state index contributed by atoms with van der Waals surface area (Å²) in [5.41, 5.74) is -0.173. The molecule has 1 unspecified atom stereocenters. The number of urea groups is 1. The molecule has 1 aliphatic carbocycles. The molecule has 0 bridgehead atoms. The summed E-state index contributed by atoms with van der Waals surface area (Å²) in [6.07, 6.45) is 3.08. The summed E-state index contributed by atoms with van der Waals surface area (Å²) in [4.78, 5) is 38.0. The van der Waals surface area contributed by atoms with E-state index in [1.807, 2.05) is 6.07 Å². The molecule has 1 saturated carbocycles. The molecule has 2 aliphatic rings. The third kappa shape index (κ3) is 4.09. The third-order valence-electron chi connectivity index (χ3n) is 5.23. The Morgan fingerprint density at radius 1 is 1.32 bits per heavy atom. The monoisotopic (exact) mass is 384 g/mol. The first-order valence-electron chi connectivity index (χ1n) is 9.54. The number of hydrogen-bond donors (Lipinski definition) is 2.